The lowest BCUT2D eigenvalue weighted by Gasteiger charge is -2.42. The summed E-state index contributed by atoms with van der Waals surface area (Å²) in [5, 5.41) is 3.64. The Balaban J connectivity index is 1.76. The van der Waals surface area contributed by atoms with Crippen molar-refractivity contribution in [3.63, 3.8) is 0 Å². The van der Waals surface area contributed by atoms with E-state index >= 15 is 0 Å². The maximum Gasteiger partial charge on any atom is 0.0285 e. The van der Waals surface area contributed by atoms with E-state index in [1.165, 1.54) is 52.1 Å². The second-order valence-corrected chi connectivity index (χ2v) is 7.01. The first kappa shape index (κ1) is 14.3. The van der Waals surface area contributed by atoms with E-state index in [2.05, 4.69) is 42.8 Å². The molecule has 0 saturated carbocycles. The highest BCUT2D eigenvalue weighted by Gasteiger charge is 2.38. The van der Waals surface area contributed by atoms with E-state index in [-0.39, 0.29) is 0 Å². The lowest BCUT2D eigenvalue weighted by molar-refractivity contribution is 0.0718. The van der Waals surface area contributed by atoms with Gasteiger partial charge < -0.3 is 10.2 Å². The highest BCUT2D eigenvalue weighted by molar-refractivity contribution is 4.99. The number of hydrogen-bond donors (Lipinski definition) is 1. The van der Waals surface area contributed by atoms with Crippen LogP contribution in [0.5, 0.6) is 0 Å². The molecule has 18 heavy (non-hydrogen) atoms. The van der Waals surface area contributed by atoms with E-state index in [0.717, 1.165) is 12.0 Å². The van der Waals surface area contributed by atoms with Crippen LogP contribution in [0.1, 0.15) is 40.5 Å². The molecular formula is C15H31N3. The summed E-state index contributed by atoms with van der Waals surface area (Å²) in [7, 11) is 0. The first-order valence-corrected chi connectivity index (χ1v) is 7.70. The van der Waals surface area contributed by atoms with Gasteiger partial charge in [-0.25, -0.2) is 0 Å². The van der Waals surface area contributed by atoms with Crippen molar-refractivity contribution in [3.8, 4) is 0 Å². The molecule has 2 rings (SSSR count). The summed E-state index contributed by atoms with van der Waals surface area (Å²) in [5.74, 6) is 0.834. The van der Waals surface area contributed by atoms with Gasteiger partial charge in [0, 0.05) is 37.8 Å². The SMILES string of the molecule is CC(C)CCN1CCN(C2CCNC2(C)C)CC1. The predicted octanol–water partition coefficient (Wildman–Crippen LogP) is 1.79. The molecule has 0 radical (unpaired) electrons. The zero-order valence-corrected chi connectivity index (χ0v) is 12.7. The first-order valence-electron chi connectivity index (χ1n) is 7.70. The third kappa shape index (κ3) is 3.46. The zero-order chi connectivity index (χ0) is 13.2. The third-order valence-corrected chi connectivity index (χ3v) is 4.70. The minimum absolute atomic E-state index is 0.306. The minimum Gasteiger partial charge on any atom is -0.310 e. The Morgan fingerprint density at radius 2 is 1.83 bits per heavy atom. The Morgan fingerprint density at radius 3 is 2.33 bits per heavy atom. The normalized spacial score (nSPS) is 30.2. The van der Waals surface area contributed by atoms with Crippen molar-refractivity contribution in [1.82, 2.24) is 15.1 Å². The molecule has 3 heteroatoms. The Hall–Kier alpha value is -0.120. The number of hydrogen-bond acceptors (Lipinski definition) is 3. The third-order valence-electron chi connectivity index (χ3n) is 4.70. The van der Waals surface area contributed by atoms with E-state index in [4.69, 9.17) is 0 Å². The molecule has 1 unspecified atom stereocenters. The van der Waals surface area contributed by atoms with Gasteiger partial charge in [-0.15, -0.1) is 0 Å². The summed E-state index contributed by atoms with van der Waals surface area (Å²) in [6.07, 6.45) is 2.66. The van der Waals surface area contributed by atoms with Gasteiger partial charge in [-0.05, 0) is 45.7 Å². The van der Waals surface area contributed by atoms with Crippen molar-refractivity contribution in [3.05, 3.63) is 0 Å². The number of nitrogens with zero attached hydrogens (tertiary/aromatic N) is 2. The lowest BCUT2D eigenvalue weighted by atomic mass is 9.94. The summed E-state index contributed by atoms with van der Waals surface area (Å²) in [6, 6.07) is 0.741. The Bertz CT molecular complexity index is 254. The largest absolute Gasteiger partial charge is 0.310 e. The van der Waals surface area contributed by atoms with Gasteiger partial charge >= 0.3 is 0 Å². The quantitative estimate of drug-likeness (QED) is 0.824. The Morgan fingerprint density at radius 1 is 1.17 bits per heavy atom. The van der Waals surface area contributed by atoms with Crippen molar-refractivity contribution in [2.75, 3.05) is 39.3 Å². The smallest absolute Gasteiger partial charge is 0.0285 e. The van der Waals surface area contributed by atoms with Gasteiger partial charge in [-0.2, -0.15) is 0 Å². The van der Waals surface area contributed by atoms with Crippen LogP contribution in [0.3, 0.4) is 0 Å². The second kappa shape index (κ2) is 5.89. The molecule has 1 atom stereocenters. The molecule has 2 aliphatic rings. The fourth-order valence-electron chi connectivity index (χ4n) is 3.39. The van der Waals surface area contributed by atoms with Crippen LogP contribution in [0.25, 0.3) is 0 Å². The standard InChI is InChI=1S/C15H31N3/c1-13(2)6-8-17-9-11-18(12-10-17)14-5-7-16-15(14,3)4/h13-14,16H,5-12H2,1-4H3. The molecule has 2 fully saturated rings. The van der Waals surface area contributed by atoms with E-state index in [0.29, 0.717) is 5.54 Å². The molecule has 0 bridgehead atoms. The van der Waals surface area contributed by atoms with Gasteiger partial charge in [-0.1, -0.05) is 13.8 Å². The molecule has 2 aliphatic heterocycles. The average Bonchev–Trinajstić information content (AvgIpc) is 2.67. The molecule has 106 valence electrons. The summed E-state index contributed by atoms with van der Waals surface area (Å²) in [5.41, 5.74) is 0.306. The summed E-state index contributed by atoms with van der Waals surface area (Å²) >= 11 is 0. The molecule has 0 aromatic rings. The molecule has 0 amide bonds. The van der Waals surface area contributed by atoms with Crippen molar-refractivity contribution in [2.45, 2.75) is 52.1 Å². The maximum atomic E-state index is 3.64. The summed E-state index contributed by atoms with van der Waals surface area (Å²) in [6.45, 7) is 16.9. The fourth-order valence-corrected chi connectivity index (χ4v) is 3.39. The summed E-state index contributed by atoms with van der Waals surface area (Å²) in [4.78, 5) is 5.36. The second-order valence-electron chi connectivity index (χ2n) is 7.01. The van der Waals surface area contributed by atoms with E-state index in [1.807, 2.05) is 0 Å². The van der Waals surface area contributed by atoms with Crippen LogP contribution in [-0.4, -0.2) is 60.6 Å². The van der Waals surface area contributed by atoms with E-state index < -0.39 is 0 Å². The molecule has 2 heterocycles. The van der Waals surface area contributed by atoms with Crippen LogP contribution < -0.4 is 5.32 Å². The highest BCUT2D eigenvalue weighted by Crippen LogP contribution is 2.25. The molecule has 1 N–H and O–H groups in total. The van der Waals surface area contributed by atoms with Gasteiger partial charge in [0.25, 0.3) is 0 Å². The number of rotatable bonds is 4. The van der Waals surface area contributed by atoms with Crippen LogP contribution >= 0.6 is 0 Å². The van der Waals surface area contributed by atoms with Crippen LogP contribution in [0.4, 0.5) is 0 Å². The van der Waals surface area contributed by atoms with Gasteiger partial charge in [0.1, 0.15) is 0 Å². The van der Waals surface area contributed by atoms with Crippen molar-refractivity contribution in [1.29, 1.82) is 0 Å². The van der Waals surface area contributed by atoms with Crippen LogP contribution in [-0.2, 0) is 0 Å². The zero-order valence-electron chi connectivity index (χ0n) is 12.7. The number of nitrogens with one attached hydrogen (secondary N) is 1. The van der Waals surface area contributed by atoms with Crippen molar-refractivity contribution in [2.24, 2.45) is 5.92 Å². The highest BCUT2D eigenvalue weighted by atomic mass is 15.3. The topological polar surface area (TPSA) is 18.5 Å². The molecule has 0 aliphatic carbocycles. The summed E-state index contributed by atoms with van der Waals surface area (Å²) < 4.78 is 0. The van der Waals surface area contributed by atoms with E-state index in [9.17, 15) is 0 Å². The van der Waals surface area contributed by atoms with Crippen molar-refractivity contribution < 1.29 is 0 Å². The number of piperazine rings is 1. The Kier molecular flexibility index (Phi) is 4.68. The van der Waals surface area contributed by atoms with Crippen molar-refractivity contribution >= 4 is 0 Å². The van der Waals surface area contributed by atoms with Gasteiger partial charge in [0.2, 0.25) is 0 Å². The lowest BCUT2D eigenvalue weighted by Crippen LogP contribution is -2.57. The molecule has 0 aromatic heterocycles. The van der Waals surface area contributed by atoms with Crippen LogP contribution in [0, 0.1) is 5.92 Å². The maximum absolute atomic E-state index is 3.64. The molecule has 0 aromatic carbocycles. The molecule has 0 spiro atoms. The monoisotopic (exact) mass is 253 g/mol. The van der Waals surface area contributed by atoms with Crippen LogP contribution in [0.15, 0.2) is 0 Å². The predicted molar refractivity (Wildman–Crippen MR) is 78.0 cm³/mol. The first-order chi connectivity index (χ1) is 8.49. The minimum atomic E-state index is 0.306. The molecule has 3 nitrogen and oxygen atoms in total. The average molecular weight is 253 g/mol. The van der Waals surface area contributed by atoms with Gasteiger partial charge in [-0.3, -0.25) is 4.90 Å². The Labute approximate surface area is 113 Å². The van der Waals surface area contributed by atoms with Gasteiger partial charge in [0.15, 0.2) is 0 Å². The fraction of sp³-hybridized carbons (Fsp3) is 1.00. The molecular weight excluding hydrogens is 222 g/mol. The van der Waals surface area contributed by atoms with Gasteiger partial charge in [0.05, 0.1) is 0 Å². The molecule has 2 saturated heterocycles. The van der Waals surface area contributed by atoms with E-state index in [1.54, 1.807) is 0 Å². The van der Waals surface area contributed by atoms with Crippen LogP contribution in [0.2, 0.25) is 0 Å².